The number of nitrogens with one attached hydrogen (secondary N) is 1. The van der Waals surface area contributed by atoms with E-state index in [2.05, 4.69) is 22.4 Å². The number of aromatic nitrogens is 2. The Labute approximate surface area is 151 Å². The molecule has 2 aliphatic rings. The second kappa shape index (κ2) is 6.55. The number of urea groups is 1. The van der Waals surface area contributed by atoms with E-state index in [-0.39, 0.29) is 12.5 Å². The van der Waals surface area contributed by atoms with Gasteiger partial charge in [0.2, 0.25) is 5.89 Å². The van der Waals surface area contributed by atoms with Crippen LogP contribution in [-0.2, 0) is 29.7 Å². The number of amides is 3. The molecule has 2 aromatic rings. The van der Waals surface area contributed by atoms with Crippen LogP contribution in [-0.4, -0.2) is 27.0 Å². The number of carbonyl (C=O) groups excluding carboxylic acids is 2. The van der Waals surface area contributed by atoms with E-state index in [1.807, 2.05) is 24.3 Å². The Morgan fingerprint density at radius 3 is 3.00 bits per heavy atom. The second-order valence-electron chi connectivity index (χ2n) is 6.95. The number of fused-ring (bicyclic) bond motifs is 2. The maximum Gasteiger partial charge on any atom is 0.325 e. The minimum Gasteiger partial charge on any atom is -0.337 e. The number of carbonyl (C=O) groups is 2. The average Bonchev–Trinajstić information content (AvgIpc) is 3.19. The van der Waals surface area contributed by atoms with Crippen LogP contribution >= 0.6 is 0 Å². The highest BCUT2D eigenvalue weighted by atomic mass is 16.5. The minimum atomic E-state index is -0.961. The fraction of sp³-hybridized carbons (Fsp3) is 0.474. The maximum absolute atomic E-state index is 13.2. The van der Waals surface area contributed by atoms with Crippen molar-refractivity contribution in [2.24, 2.45) is 0 Å². The third-order valence-corrected chi connectivity index (χ3v) is 5.21. The molecule has 2 heterocycles. The van der Waals surface area contributed by atoms with Gasteiger partial charge in [0.05, 0.1) is 0 Å². The summed E-state index contributed by atoms with van der Waals surface area (Å²) in [5, 5.41) is 6.86. The summed E-state index contributed by atoms with van der Waals surface area (Å²) in [6.07, 6.45) is 5.14. The van der Waals surface area contributed by atoms with E-state index in [1.54, 1.807) is 0 Å². The largest absolute Gasteiger partial charge is 0.337 e. The third-order valence-electron chi connectivity index (χ3n) is 5.21. The van der Waals surface area contributed by atoms with Gasteiger partial charge in [0.1, 0.15) is 12.1 Å². The number of hydrogen-bond donors (Lipinski definition) is 1. The lowest BCUT2D eigenvalue weighted by Gasteiger charge is -2.33. The van der Waals surface area contributed by atoms with Crippen molar-refractivity contribution in [1.82, 2.24) is 20.4 Å². The molecule has 0 radical (unpaired) electrons. The summed E-state index contributed by atoms with van der Waals surface area (Å²) in [4.78, 5) is 31.2. The Bertz CT molecular complexity index is 847. The summed E-state index contributed by atoms with van der Waals surface area (Å²) < 4.78 is 5.23. The lowest BCUT2D eigenvalue weighted by atomic mass is 9.76. The molecule has 0 saturated carbocycles. The number of imide groups is 1. The van der Waals surface area contributed by atoms with Gasteiger partial charge in [0, 0.05) is 6.42 Å². The number of hydrogen-bond acceptors (Lipinski definition) is 5. The number of aryl methyl sites for hydroxylation is 2. The van der Waals surface area contributed by atoms with Crippen LogP contribution in [0.5, 0.6) is 0 Å². The molecule has 7 heteroatoms. The van der Waals surface area contributed by atoms with Crippen LogP contribution in [0.3, 0.4) is 0 Å². The van der Waals surface area contributed by atoms with Gasteiger partial charge in [-0.15, -0.1) is 0 Å². The topological polar surface area (TPSA) is 88.3 Å². The van der Waals surface area contributed by atoms with Crippen LogP contribution < -0.4 is 5.32 Å². The van der Waals surface area contributed by atoms with Gasteiger partial charge in [-0.25, -0.2) is 4.79 Å². The Balaban J connectivity index is 1.58. The molecular weight excluding hydrogens is 332 g/mol. The molecule has 1 saturated heterocycles. The Morgan fingerprint density at radius 2 is 2.15 bits per heavy atom. The second-order valence-corrected chi connectivity index (χ2v) is 6.95. The zero-order chi connectivity index (χ0) is 18.1. The molecule has 1 N–H and O–H groups in total. The predicted octanol–water partition coefficient (Wildman–Crippen LogP) is 2.70. The fourth-order valence-corrected chi connectivity index (χ4v) is 3.88. The standard InChI is InChI=1S/C19H22N4O3/c1-2-3-10-15-20-16(26-22-15)12-23-17(24)19(21-18(23)25)11-6-8-13-7-4-5-9-14(13)19/h4-5,7,9H,2-3,6,8,10-12H2,1H3,(H,21,25)/t19-/m1/s1. The smallest absolute Gasteiger partial charge is 0.325 e. The van der Waals surface area contributed by atoms with Gasteiger partial charge >= 0.3 is 6.03 Å². The fourth-order valence-electron chi connectivity index (χ4n) is 3.88. The summed E-state index contributed by atoms with van der Waals surface area (Å²) in [5.41, 5.74) is 1.06. The Hall–Kier alpha value is -2.70. The van der Waals surface area contributed by atoms with E-state index in [4.69, 9.17) is 4.52 Å². The van der Waals surface area contributed by atoms with Crippen molar-refractivity contribution in [2.75, 3.05) is 0 Å². The number of nitrogens with zero attached hydrogens (tertiary/aromatic N) is 3. The van der Waals surface area contributed by atoms with Crippen LogP contribution in [0.15, 0.2) is 28.8 Å². The first-order chi connectivity index (χ1) is 12.6. The van der Waals surface area contributed by atoms with Gasteiger partial charge < -0.3 is 9.84 Å². The molecule has 1 aliphatic heterocycles. The van der Waals surface area contributed by atoms with E-state index < -0.39 is 11.6 Å². The van der Waals surface area contributed by atoms with Crippen molar-refractivity contribution >= 4 is 11.9 Å². The summed E-state index contributed by atoms with van der Waals surface area (Å²) in [5.74, 6) is 0.676. The van der Waals surface area contributed by atoms with Crippen LogP contribution in [0.1, 0.15) is 55.4 Å². The highest BCUT2D eigenvalue weighted by Gasteiger charge is 2.54. The van der Waals surface area contributed by atoms with E-state index in [0.717, 1.165) is 43.2 Å². The minimum absolute atomic E-state index is 0.00765. The zero-order valence-corrected chi connectivity index (χ0v) is 14.8. The summed E-state index contributed by atoms with van der Waals surface area (Å²) in [7, 11) is 0. The van der Waals surface area contributed by atoms with Gasteiger partial charge in [-0.3, -0.25) is 9.69 Å². The van der Waals surface area contributed by atoms with E-state index in [1.165, 1.54) is 4.90 Å². The molecule has 3 amide bonds. The summed E-state index contributed by atoms with van der Waals surface area (Å²) in [6.45, 7) is 2.10. The van der Waals surface area contributed by atoms with E-state index in [9.17, 15) is 9.59 Å². The lowest BCUT2D eigenvalue weighted by molar-refractivity contribution is -0.132. The van der Waals surface area contributed by atoms with Crippen molar-refractivity contribution in [3.8, 4) is 0 Å². The molecule has 136 valence electrons. The van der Waals surface area contributed by atoms with Gasteiger partial charge in [-0.1, -0.05) is 42.8 Å². The molecule has 1 aromatic heterocycles. The first kappa shape index (κ1) is 16.8. The molecule has 4 rings (SSSR count). The molecule has 0 bridgehead atoms. The van der Waals surface area contributed by atoms with Gasteiger partial charge in [-0.2, -0.15) is 4.98 Å². The van der Waals surface area contributed by atoms with Gasteiger partial charge in [0.15, 0.2) is 5.82 Å². The lowest BCUT2D eigenvalue weighted by Crippen LogP contribution is -2.46. The molecule has 1 fully saturated rings. The Kier molecular flexibility index (Phi) is 4.22. The van der Waals surface area contributed by atoms with Gasteiger partial charge in [-0.05, 0) is 36.8 Å². The molecule has 1 atom stereocenters. The van der Waals surface area contributed by atoms with Gasteiger partial charge in [0.25, 0.3) is 5.91 Å². The molecule has 0 unspecified atom stereocenters. The van der Waals surface area contributed by atoms with Crippen LogP contribution in [0.2, 0.25) is 0 Å². The zero-order valence-electron chi connectivity index (χ0n) is 14.8. The van der Waals surface area contributed by atoms with Crippen molar-refractivity contribution in [2.45, 2.75) is 57.5 Å². The Morgan fingerprint density at radius 1 is 1.31 bits per heavy atom. The molecule has 26 heavy (non-hydrogen) atoms. The molecule has 7 nitrogen and oxygen atoms in total. The number of benzene rings is 1. The van der Waals surface area contributed by atoms with Crippen molar-refractivity contribution < 1.29 is 14.1 Å². The SMILES string of the molecule is CCCCc1noc(CN2C(=O)N[C@@]3(CCCc4ccccc43)C2=O)n1. The number of unbranched alkanes of at least 4 members (excludes halogenated alkanes) is 1. The number of rotatable bonds is 5. The third kappa shape index (κ3) is 2.67. The predicted molar refractivity (Wildman–Crippen MR) is 93.0 cm³/mol. The average molecular weight is 354 g/mol. The molecular formula is C19H22N4O3. The maximum atomic E-state index is 13.2. The quantitative estimate of drug-likeness (QED) is 0.834. The normalized spacial score (nSPS) is 22.0. The monoisotopic (exact) mass is 354 g/mol. The highest BCUT2D eigenvalue weighted by Crippen LogP contribution is 2.40. The molecule has 1 aromatic carbocycles. The summed E-state index contributed by atoms with van der Waals surface area (Å²) >= 11 is 0. The van der Waals surface area contributed by atoms with E-state index in [0.29, 0.717) is 18.1 Å². The van der Waals surface area contributed by atoms with Crippen LogP contribution in [0.25, 0.3) is 0 Å². The van der Waals surface area contributed by atoms with Crippen molar-refractivity contribution in [3.63, 3.8) is 0 Å². The van der Waals surface area contributed by atoms with Crippen LogP contribution in [0.4, 0.5) is 4.79 Å². The van der Waals surface area contributed by atoms with E-state index >= 15 is 0 Å². The first-order valence-electron chi connectivity index (χ1n) is 9.18. The van der Waals surface area contributed by atoms with Crippen molar-refractivity contribution in [1.29, 1.82) is 0 Å². The summed E-state index contributed by atoms with van der Waals surface area (Å²) in [6, 6.07) is 7.43. The molecule has 1 spiro atoms. The van der Waals surface area contributed by atoms with Crippen molar-refractivity contribution in [3.05, 3.63) is 47.1 Å². The molecule has 1 aliphatic carbocycles. The first-order valence-corrected chi connectivity index (χ1v) is 9.18. The van der Waals surface area contributed by atoms with Crippen LogP contribution in [0, 0.1) is 0 Å². The highest BCUT2D eigenvalue weighted by molar-refractivity contribution is 6.07.